The molecule has 19 heavy (non-hydrogen) atoms. The number of nitrogens with zero attached hydrogens (tertiary/aromatic N) is 1. The molecule has 0 bridgehead atoms. The predicted molar refractivity (Wildman–Crippen MR) is 64.5 cm³/mol. The summed E-state index contributed by atoms with van der Waals surface area (Å²) in [5, 5.41) is 0. The number of carbonyl (C=O) groups excluding carboxylic acids is 1. The van der Waals surface area contributed by atoms with Crippen molar-refractivity contribution in [1.29, 1.82) is 0 Å². The van der Waals surface area contributed by atoms with Crippen molar-refractivity contribution in [1.82, 2.24) is 4.98 Å². The average Bonchev–Trinajstić information content (AvgIpc) is 2.37. The lowest BCUT2D eigenvalue weighted by Gasteiger charge is -2.09. The van der Waals surface area contributed by atoms with Gasteiger partial charge < -0.3 is 5.73 Å². The molecule has 0 spiro atoms. The van der Waals surface area contributed by atoms with Gasteiger partial charge in [-0.3, -0.25) is 4.79 Å². The van der Waals surface area contributed by atoms with Gasteiger partial charge in [0.15, 0.2) is 6.29 Å². The predicted octanol–water partition coefficient (Wildman–Crippen LogP) is 3.16. The van der Waals surface area contributed by atoms with Crippen LogP contribution in [0.4, 0.5) is 19.0 Å². The summed E-state index contributed by atoms with van der Waals surface area (Å²) in [6, 6.07) is 7.54. The number of pyridine rings is 1. The van der Waals surface area contributed by atoms with Crippen LogP contribution in [0.3, 0.4) is 0 Å². The van der Waals surface area contributed by atoms with Crippen molar-refractivity contribution in [2.45, 2.75) is 6.18 Å². The Labute approximate surface area is 106 Å². The van der Waals surface area contributed by atoms with Crippen LogP contribution in [0.25, 0.3) is 11.1 Å². The SMILES string of the molecule is Nc1ccc(-c2ccc(C(F)(F)F)cc2)c(C=O)n1. The second-order valence-electron chi connectivity index (χ2n) is 3.86. The number of hydrogen-bond acceptors (Lipinski definition) is 3. The van der Waals surface area contributed by atoms with Gasteiger partial charge in [0.05, 0.1) is 5.56 Å². The molecule has 2 N–H and O–H groups in total. The third-order valence-corrected chi connectivity index (χ3v) is 2.58. The van der Waals surface area contributed by atoms with E-state index < -0.39 is 11.7 Å². The van der Waals surface area contributed by atoms with E-state index in [1.54, 1.807) is 6.07 Å². The van der Waals surface area contributed by atoms with Gasteiger partial charge in [-0.2, -0.15) is 13.2 Å². The van der Waals surface area contributed by atoms with Crippen LogP contribution >= 0.6 is 0 Å². The molecule has 6 heteroatoms. The van der Waals surface area contributed by atoms with Gasteiger partial charge in [0.1, 0.15) is 11.5 Å². The van der Waals surface area contributed by atoms with E-state index >= 15 is 0 Å². The number of hydrogen-bond donors (Lipinski definition) is 1. The maximum absolute atomic E-state index is 12.4. The van der Waals surface area contributed by atoms with Crippen molar-refractivity contribution >= 4 is 12.1 Å². The number of anilines is 1. The van der Waals surface area contributed by atoms with Gasteiger partial charge in [0.2, 0.25) is 0 Å². The lowest BCUT2D eigenvalue weighted by Crippen LogP contribution is -2.04. The molecular weight excluding hydrogens is 257 g/mol. The lowest BCUT2D eigenvalue weighted by atomic mass is 10.0. The van der Waals surface area contributed by atoms with Gasteiger partial charge >= 0.3 is 6.18 Å². The van der Waals surface area contributed by atoms with Crippen molar-refractivity contribution in [3.63, 3.8) is 0 Å². The molecule has 0 aliphatic carbocycles. The molecule has 0 aliphatic rings. The smallest absolute Gasteiger partial charge is 0.384 e. The van der Waals surface area contributed by atoms with Gasteiger partial charge in [-0.25, -0.2) is 4.98 Å². The minimum atomic E-state index is -4.38. The number of rotatable bonds is 2. The van der Waals surface area contributed by atoms with E-state index in [0.717, 1.165) is 12.1 Å². The summed E-state index contributed by atoms with van der Waals surface area (Å²) < 4.78 is 37.3. The molecule has 0 saturated carbocycles. The monoisotopic (exact) mass is 266 g/mol. The van der Waals surface area contributed by atoms with Crippen LogP contribution in [0.2, 0.25) is 0 Å². The Morgan fingerprint density at radius 1 is 1.05 bits per heavy atom. The topological polar surface area (TPSA) is 56.0 Å². The number of nitrogens with two attached hydrogens (primary N) is 1. The minimum Gasteiger partial charge on any atom is -0.384 e. The maximum atomic E-state index is 12.4. The second-order valence-corrected chi connectivity index (χ2v) is 3.86. The van der Waals surface area contributed by atoms with Crippen LogP contribution in [0.1, 0.15) is 16.1 Å². The van der Waals surface area contributed by atoms with Gasteiger partial charge in [-0.05, 0) is 29.8 Å². The molecule has 0 aliphatic heterocycles. The number of aldehydes is 1. The summed E-state index contributed by atoms with van der Waals surface area (Å²) in [5.74, 6) is 0.178. The molecular formula is C13H9F3N2O. The van der Waals surface area contributed by atoms with Crippen molar-refractivity contribution in [2.24, 2.45) is 0 Å². The van der Waals surface area contributed by atoms with E-state index in [1.165, 1.54) is 18.2 Å². The Kier molecular flexibility index (Phi) is 3.25. The number of alkyl halides is 3. The fraction of sp³-hybridized carbons (Fsp3) is 0.0769. The Morgan fingerprint density at radius 3 is 2.21 bits per heavy atom. The normalized spacial score (nSPS) is 11.3. The van der Waals surface area contributed by atoms with E-state index in [-0.39, 0.29) is 11.5 Å². The highest BCUT2D eigenvalue weighted by molar-refractivity contribution is 5.85. The first kappa shape index (κ1) is 13.1. The van der Waals surface area contributed by atoms with Crippen LogP contribution in [-0.4, -0.2) is 11.3 Å². The van der Waals surface area contributed by atoms with Crippen molar-refractivity contribution in [3.8, 4) is 11.1 Å². The van der Waals surface area contributed by atoms with Crippen LogP contribution in [0.5, 0.6) is 0 Å². The molecule has 2 aromatic rings. The molecule has 3 nitrogen and oxygen atoms in total. The maximum Gasteiger partial charge on any atom is 0.416 e. The molecule has 98 valence electrons. The van der Waals surface area contributed by atoms with E-state index in [4.69, 9.17) is 5.73 Å². The van der Waals surface area contributed by atoms with E-state index in [1.807, 2.05) is 0 Å². The first-order chi connectivity index (χ1) is 8.91. The molecule has 2 rings (SSSR count). The highest BCUT2D eigenvalue weighted by Gasteiger charge is 2.30. The van der Waals surface area contributed by atoms with E-state index in [2.05, 4.69) is 4.98 Å². The Bertz CT molecular complexity index is 606. The Balaban J connectivity index is 2.46. The first-order valence-electron chi connectivity index (χ1n) is 5.31. The van der Waals surface area contributed by atoms with E-state index in [9.17, 15) is 18.0 Å². The van der Waals surface area contributed by atoms with Gasteiger partial charge in [0.25, 0.3) is 0 Å². The third kappa shape index (κ3) is 2.73. The van der Waals surface area contributed by atoms with Crippen LogP contribution < -0.4 is 5.73 Å². The Hall–Kier alpha value is -2.37. The molecule has 0 fully saturated rings. The molecule has 0 saturated heterocycles. The zero-order valence-electron chi connectivity index (χ0n) is 9.61. The zero-order valence-corrected chi connectivity index (χ0v) is 9.61. The fourth-order valence-corrected chi connectivity index (χ4v) is 1.66. The Morgan fingerprint density at radius 2 is 1.68 bits per heavy atom. The molecule has 0 amide bonds. The first-order valence-corrected chi connectivity index (χ1v) is 5.31. The summed E-state index contributed by atoms with van der Waals surface area (Å²) in [6.45, 7) is 0. The number of nitrogen functional groups attached to an aromatic ring is 1. The highest BCUT2D eigenvalue weighted by atomic mass is 19.4. The van der Waals surface area contributed by atoms with E-state index in [0.29, 0.717) is 17.4 Å². The average molecular weight is 266 g/mol. The fourth-order valence-electron chi connectivity index (χ4n) is 1.66. The van der Waals surface area contributed by atoms with Gasteiger partial charge in [-0.15, -0.1) is 0 Å². The summed E-state index contributed by atoms with van der Waals surface area (Å²) in [4.78, 5) is 14.7. The van der Waals surface area contributed by atoms with Crippen molar-refractivity contribution in [3.05, 3.63) is 47.7 Å². The quantitative estimate of drug-likeness (QED) is 0.849. The minimum absolute atomic E-state index is 0.0970. The molecule has 1 aromatic heterocycles. The molecule has 0 radical (unpaired) electrons. The highest BCUT2D eigenvalue weighted by Crippen LogP contribution is 2.31. The third-order valence-electron chi connectivity index (χ3n) is 2.58. The number of carbonyl (C=O) groups is 1. The lowest BCUT2D eigenvalue weighted by molar-refractivity contribution is -0.137. The van der Waals surface area contributed by atoms with Gasteiger partial charge in [-0.1, -0.05) is 12.1 Å². The van der Waals surface area contributed by atoms with Gasteiger partial charge in [0, 0.05) is 5.56 Å². The second kappa shape index (κ2) is 4.72. The number of benzene rings is 1. The van der Waals surface area contributed by atoms with Crippen LogP contribution in [0, 0.1) is 0 Å². The van der Waals surface area contributed by atoms with Crippen LogP contribution in [-0.2, 0) is 6.18 Å². The molecule has 1 heterocycles. The number of halogens is 3. The summed E-state index contributed by atoms with van der Waals surface area (Å²) in [7, 11) is 0. The summed E-state index contributed by atoms with van der Waals surface area (Å²) in [5.41, 5.74) is 5.71. The summed E-state index contributed by atoms with van der Waals surface area (Å²) >= 11 is 0. The van der Waals surface area contributed by atoms with Crippen molar-refractivity contribution in [2.75, 3.05) is 5.73 Å². The standard InChI is InChI=1S/C13H9F3N2O/c14-13(15,16)9-3-1-8(2-4-9)10-5-6-12(17)18-11(10)7-19/h1-7H,(H2,17,18). The number of aromatic nitrogens is 1. The molecule has 0 atom stereocenters. The van der Waals surface area contributed by atoms with Crippen LogP contribution in [0.15, 0.2) is 36.4 Å². The summed E-state index contributed by atoms with van der Waals surface area (Å²) in [6.07, 6.45) is -3.87. The largest absolute Gasteiger partial charge is 0.416 e. The molecule has 0 unspecified atom stereocenters. The molecule has 1 aromatic carbocycles. The zero-order chi connectivity index (χ0) is 14.0. The van der Waals surface area contributed by atoms with Crippen molar-refractivity contribution < 1.29 is 18.0 Å².